The smallest absolute Gasteiger partial charge is 0.460 e. The van der Waals surface area contributed by atoms with Gasteiger partial charge in [0.2, 0.25) is 0 Å². The molecule has 1 N–H and O–H groups in total. The van der Waals surface area contributed by atoms with Crippen LogP contribution in [0.3, 0.4) is 0 Å². The fourth-order valence-electron chi connectivity index (χ4n) is 2.75. The summed E-state index contributed by atoms with van der Waals surface area (Å²) in [5.41, 5.74) is -0.810. The van der Waals surface area contributed by atoms with Crippen molar-refractivity contribution in [2.45, 2.75) is 80.1 Å². The molecule has 0 spiro atoms. The summed E-state index contributed by atoms with van der Waals surface area (Å²) in [5.74, 6) is -57.3. The Bertz CT molecular complexity index is 968. The molecular formula is C19H15F17O2. The summed E-state index contributed by atoms with van der Waals surface area (Å²) in [4.78, 5) is 0. The molecule has 1 atom stereocenters. The van der Waals surface area contributed by atoms with E-state index in [0.29, 0.717) is 12.1 Å². The van der Waals surface area contributed by atoms with Gasteiger partial charge in [-0.15, -0.1) is 0 Å². The van der Waals surface area contributed by atoms with Gasteiger partial charge in [0, 0.05) is 6.42 Å². The first-order chi connectivity index (χ1) is 16.5. The second kappa shape index (κ2) is 9.76. The van der Waals surface area contributed by atoms with E-state index in [0.717, 1.165) is 12.1 Å². The van der Waals surface area contributed by atoms with Crippen LogP contribution in [0.25, 0.3) is 0 Å². The molecule has 0 amide bonds. The molecule has 1 unspecified atom stereocenters. The van der Waals surface area contributed by atoms with Gasteiger partial charge in [-0.2, -0.15) is 74.6 Å². The molecule has 19 heteroatoms. The van der Waals surface area contributed by atoms with Gasteiger partial charge in [-0.3, -0.25) is 0 Å². The molecule has 1 aromatic rings. The fourth-order valence-corrected chi connectivity index (χ4v) is 2.75. The number of hydrogen-bond donors (Lipinski definition) is 1. The Morgan fingerprint density at radius 3 is 1.42 bits per heavy atom. The van der Waals surface area contributed by atoms with E-state index in [1.165, 1.54) is 13.8 Å². The summed E-state index contributed by atoms with van der Waals surface area (Å²) >= 11 is 0. The van der Waals surface area contributed by atoms with Crippen molar-refractivity contribution in [2.75, 3.05) is 0 Å². The van der Waals surface area contributed by atoms with Crippen molar-refractivity contribution in [1.82, 2.24) is 0 Å². The molecule has 0 aliphatic carbocycles. The third-order valence-corrected chi connectivity index (χ3v) is 4.85. The van der Waals surface area contributed by atoms with E-state index in [-0.39, 0.29) is 5.75 Å². The van der Waals surface area contributed by atoms with Crippen LogP contribution in [-0.2, 0) is 0 Å². The summed E-state index contributed by atoms with van der Waals surface area (Å²) in [5, 5.41) is 9.74. The normalized spacial score (nSPS) is 16.1. The zero-order valence-corrected chi connectivity index (χ0v) is 18.5. The summed E-state index contributed by atoms with van der Waals surface area (Å²) < 4.78 is 231. The van der Waals surface area contributed by atoms with E-state index < -0.39 is 71.8 Å². The first kappa shape index (κ1) is 33.8. The maximum absolute atomic E-state index is 14.1. The molecule has 222 valence electrons. The highest BCUT2D eigenvalue weighted by molar-refractivity contribution is 5.30. The topological polar surface area (TPSA) is 29.5 Å². The Morgan fingerprint density at radius 1 is 0.632 bits per heavy atom. The molecule has 0 radical (unpaired) electrons. The van der Waals surface area contributed by atoms with Gasteiger partial charge < -0.3 is 9.84 Å². The van der Waals surface area contributed by atoms with Crippen LogP contribution in [0.15, 0.2) is 24.3 Å². The van der Waals surface area contributed by atoms with Gasteiger partial charge in [0.25, 0.3) is 0 Å². The van der Waals surface area contributed by atoms with Gasteiger partial charge in [-0.25, -0.2) is 0 Å². The largest absolute Gasteiger partial charge is 0.491 e. The van der Waals surface area contributed by atoms with Crippen molar-refractivity contribution < 1.29 is 84.5 Å². The number of rotatable bonds is 11. The van der Waals surface area contributed by atoms with E-state index in [9.17, 15) is 79.7 Å². The van der Waals surface area contributed by atoms with E-state index in [4.69, 9.17) is 4.74 Å². The van der Waals surface area contributed by atoms with Gasteiger partial charge >= 0.3 is 47.6 Å². The third-order valence-electron chi connectivity index (χ3n) is 4.85. The number of halogens is 17. The summed E-state index contributed by atoms with van der Waals surface area (Å²) in [6.07, 6.45) is -14.3. The van der Waals surface area contributed by atoms with Crippen LogP contribution in [0, 0.1) is 0 Å². The Morgan fingerprint density at radius 2 is 1.03 bits per heavy atom. The first-order valence-electron chi connectivity index (χ1n) is 9.69. The molecular weight excluding hydrogens is 583 g/mol. The van der Waals surface area contributed by atoms with Gasteiger partial charge in [0.05, 0.1) is 12.2 Å². The molecule has 0 saturated carbocycles. The summed E-state index contributed by atoms with van der Waals surface area (Å²) in [6.45, 7) is 2.87. The minimum Gasteiger partial charge on any atom is -0.491 e. The molecule has 0 bridgehead atoms. The summed E-state index contributed by atoms with van der Waals surface area (Å²) in [6, 6.07) is 3.45. The van der Waals surface area contributed by atoms with Crippen molar-refractivity contribution in [2.24, 2.45) is 0 Å². The number of ether oxygens (including phenoxy) is 1. The molecule has 2 nitrogen and oxygen atoms in total. The number of aliphatic hydroxyl groups excluding tert-OH is 1. The fraction of sp³-hybridized carbons (Fsp3) is 0.684. The van der Waals surface area contributed by atoms with Crippen molar-refractivity contribution in [3.8, 4) is 5.75 Å². The van der Waals surface area contributed by atoms with E-state index in [1.807, 2.05) is 0 Å². The van der Waals surface area contributed by atoms with Gasteiger partial charge in [0.1, 0.15) is 5.75 Å². The van der Waals surface area contributed by atoms with Crippen LogP contribution in [0.4, 0.5) is 74.6 Å². The Labute approximate surface area is 201 Å². The molecule has 0 saturated heterocycles. The molecule has 0 aromatic heterocycles. The van der Waals surface area contributed by atoms with Crippen LogP contribution in [0.5, 0.6) is 5.75 Å². The van der Waals surface area contributed by atoms with Crippen LogP contribution in [0.1, 0.15) is 31.9 Å². The first-order valence-corrected chi connectivity index (χ1v) is 9.69. The van der Waals surface area contributed by atoms with Crippen molar-refractivity contribution in [3.05, 3.63) is 29.8 Å². The predicted molar refractivity (Wildman–Crippen MR) is 92.5 cm³/mol. The molecule has 1 rings (SSSR count). The zero-order valence-electron chi connectivity index (χ0n) is 18.5. The van der Waals surface area contributed by atoms with Gasteiger partial charge in [-0.1, -0.05) is 12.1 Å². The van der Waals surface area contributed by atoms with Crippen LogP contribution in [0.2, 0.25) is 0 Å². The average molecular weight is 598 g/mol. The lowest BCUT2D eigenvalue weighted by molar-refractivity contribution is -0.462. The zero-order chi connectivity index (χ0) is 30.6. The van der Waals surface area contributed by atoms with Gasteiger partial charge in [-0.05, 0) is 31.5 Å². The van der Waals surface area contributed by atoms with E-state index in [2.05, 4.69) is 0 Å². The number of aliphatic hydroxyl groups is 1. The Kier molecular flexibility index (Phi) is 8.69. The average Bonchev–Trinajstić information content (AvgIpc) is 2.71. The Hall–Kier alpha value is -2.21. The second-order valence-electron chi connectivity index (χ2n) is 8.11. The highest BCUT2D eigenvalue weighted by atomic mass is 19.4. The van der Waals surface area contributed by atoms with Crippen molar-refractivity contribution in [3.63, 3.8) is 0 Å². The number of benzene rings is 1. The molecule has 0 aliphatic rings. The third kappa shape index (κ3) is 5.17. The standard InChI is InChI=1S/C19H15F17O2/c1-8(2)38-10-5-3-4-9(6-10)11(37)7-12(20,21)13(22,23)14(24,25)15(26,27)16(28,29)17(30,31)18(32,33)19(34,35)36/h3-6,8,11,37H,7H2,1-2H3. The highest BCUT2D eigenvalue weighted by Crippen LogP contribution is 2.64. The molecule has 0 fully saturated rings. The Balaban J connectivity index is 3.50. The molecule has 1 aromatic carbocycles. The molecule has 0 aliphatic heterocycles. The minimum atomic E-state index is -8.69. The molecule has 0 heterocycles. The number of alkyl halides is 17. The SMILES string of the molecule is CC(C)Oc1cccc(C(O)CC(F)(F)C(F)(F)C(F)(F)C(F)(F)C(F)(F)C(F)(F)C(F)(F)C(F)(F)F)c1. The lowest BCUT2D eigenvalue weighted by Crippen LogP contribution is -2.74. The lowest BCUT2D eigenvalue weighted by atomic mass is 9.87. The maximum Gasteiger partial charge on any atom is 0.460 e. The van der Waals surface area contributed by atoms with Crippen molar-refractivity contribution in [1.29, 1.82) is 0 Å². The predicted octanol–water partition coefficient (Wildman–Crippen LogP) is 7.91. The van der Waals surface area contributed by atoms with Crippen molar-refractivity contribution >= 4 is 0 Å². The highest BCUT2D eigenvalue weighted by Gasteiger charge is 2.95. The summed E-state index contributed by atoms with van der Waals surface area (Å²) in [7, 11) is 0. The van der Waals surface area contributed by atoms with E-state index >= 15 is 0 Å². The van der Waals surface area contributed by atoms with Gasteiger partial charge in [0.15, 0.2) is 0 Å². The lowest BCUT2D eigenvalue weighted by Gasteiger charge is -2.43. The monoisotopic (exact) mass is 598 g/mol. The van der Waals surface area contributed by atoms with Crippen LogP contribution < -0.4 is 4.74 Å². The van der Waals surface area contributed by atoms with Crippen LogP contribution >= 0.6 is 0 Å². The molecule has 38 heavy (non-hydrogen) atoms. The second-order valence-corrected chi connectivity index (χ2v) is 8.11. The maximum atomic E-state index is 14.1. The van der Waals surface area contributed by atoms with E-state index in [1.54, 1.807) is 0 Å². The minimum absolute atomic E-state index is 0.226. The van der Waals surface area contributed by atoms with Crippen LogP contribution in [-0.4, -0.2) is 58.8 Å². The quantitative estimate of drug-likeness (QED) is 0.263. The number of hydrogen-bond acceptors (Lipinski definition) is 2.